The highest BCUT2D eigenvalue weighted by molar-refractivity contribution is 7.89. The first-order chi connectivity index (χ1) is 12.0. The van der Waals surface area contributed by atoms with E-state index in [1.807, 2.05) is 18.2 Å². The number of furan rings is 1. The molecule has 0 bridgehead atoms. The highest BCUT2D eigenvalue weighted by atomic mass is 32.2. The van der Waals surface area contributed by atoms with Crippen LogP contribution in [-0.2, 0) is 10.0 Å². The molecule has 1 atom stereocenters. The van der Waals surface area contributed by atoms with Crippen molar-refractivity contribution in [2.75, 3.05) is 30.7 Å². The van der Waals surface area contributed by atoms with E-state index in [0.717, 1.165) is 23.8 Å². The second-order valence-electron chi connectivity index (χ2n) is 6.63. The average Bonchev–Trinajstić information content (AvgIpc) is 3.20. The Kier molecular flexibility index (Phi) is 4.16. The maximum absolute atomic E-state index is 12.6. The molecule has 1 aromatic heterocycles. The first-order valence-corrected chi connectivity index (χ1v) is 10.2. The van der Waals surface area contributed by atoms with Gasteiger partial charge in [-0.25, -0.2) is 13.2 Å². The molecule has 1 N–H and O–H groups in total. The molecule has 0 spiro atoms. The molecule has 2 aromatic rings. The van der Waals surface area contributed by atoms with Gasteiger partial charge < -0.3 is 14.6 Å². The minimum Gasteiger partial charge on any atom is -0.464 e. The van der Waals surface area contributed by atoms with Crippen LogP contribution in [0.5, 0.6) is 0 Å². The third-order valence-electron chi connectivity index (χ3n) is 4.94. The molecule has 0 saturated carbocycles. The van der Waals surface area contributed by atoms with Gasteiger partial charge in [-0.2, -0.15) is 4.31 Å². The maximum atomic E-state index is 12.6. The van der Waals surface area contributed by atoms with Gasteiger partial charge in [0.05, 0.1) is 12.0 Å². The Morgan fingerprint density at radius 2 is 2.08 bits per heavy atom. The van der Waals surface area contributed by atoms with E-state index in [4.69, 9.17) is 4.42 Å². The summed E-state index contributed by atoms with van der Waals surface area (Å²) < 4.78 is 31.2. The number of carbonyl (C=O) groups excluding carboxylic acids is 1. The van der Waals surface area contributed by atoms with Crippen molar-refractivity contribution in [2.45, 2.75) is 25.3 Å². The van der Waals surface area contributed by atoms with Crippen LogP contribution in [0.1, 0.15) is 19.3 Å². The van der Waals surface area contributed by atoms with Gasteiger partial charge in [0.1, 0.15) is 5.58 Å². The standard InChI is InChI=1S/C17H21N3O4S/c21-17(18-14-5-4-13-6-9-24-16(13)11-14)19-7-1-3-15(12-19)20-8-2-10-25(20,22)23/h4-6,9,11,15H,1-3,7-8,10,12H2,(H,18,21). The molecule has 25 heavy (non-hydrogen) atoms. The number of anilines is 1. The maximum Gasteiger partial charge on any atom is 0.321 e. The van der Waals surface area contributed by atoms with Gasteiger partial charge in [-0.3, -0.25) is 0 Å². The van der Waals surface area contributed by atoms with E-state index in [0.29, 0.717) is 31.7 Å². The molecule has 8 heteroatoms. The molecule has 2 fully saturated rings. The van der Waals surface area contributed by atoms with Gasteiger partial charge in [0.15, 0.2) is 0 Å². The Balaban J connectivity index is 1.44. The Hall–Kier alpha value is -2.06. The minimum absolute atomic E-state index is 0.112. The van der Waals surface area contributed by atoms with Crippen molar-refractivity contribution in [3.63, 3.8) is 0 Å². The molecule has 1 unspecified atom stereocenters. The smallest absolute Gasteiger partial charge is 0.321 e. The molecule has 4 rings (SSSR count). The summed E-state index contributed by atoms with van der Waals surface area (Å²) in [4.78, 5) is 14.3. The number of rotatable bonds is 2. The number of amides is 2. The van der Waals surface area contributed by atoms with Gasteiger partial charge in [-0.05, 0) is 37.5 Å². The van der Waals surface area contributed by atoms with Crippen LogP contribution in [0.3, 0.4) is 0 Å². The van der Waals surface area contributed by atoms with E-state index < -0.39 is 10.0 Å². The van der Waals surface area contributed by atoms with Crippen LogP contribution in [0.4, 0.5) is 10.5 Å². The number of sulfonamides is 1. The van der Waals surface area contributed by atoms with E-state index >= 15 is 0 Å². The van der Waals surface area contributed by atoms with Crippen LogP contribution in [0.25, 0.3) is 11.0 Å². The zero-order chi connectivity index (χ0) is 17.4. The fourth-order valence-corrected chi connectivity index (χ4v) is 5.44. The lowest BCUT2D eigenvalue weighted by Gasteiger charge is -2.36. The van der Waals surface area contributed by atoms with Crippen molar-refractivity contribution < 1.29 is 17.6 Å². The summed E-state index contributed by atoms with van der Waals surface area (Å²) in [5, 5.41) is 3.87. The highest BCUT2D eigenvalue weighted by Crippen LogP contribution is 2.25. The van der Waals surface area contributed by atoms with Crippen molar-refractivity contribution in [1.29, 1.82) is 0 Å². The number of fused-ring (bicyclic) bond motifs is 1. The van der Waals surface area contributed by atoms with Crippen LogP contribution in [-0.4, -0.2) is 55.1 Å². The number of urea groups is 1. The van der Waals surface area contributed by atoms with Crippen LogP contribution in [0.15, 0.2) is 34.9 Å². The third-order valence-corrected chi connectivity index (χ3v) is 6.94. The number of hydrogen-bond donors (Lipinski definition) is 1. The number of likely N-dealkylation sites (tertiary alicyclic amines) is 1. The van der Waals surface area contributed by atoms with Crippen LogP contribution in [0, 0.1) is 0 Å². The number of nitrogens with zero attached hydrogens (tertiary/aromatic N) is 2. The quantitative estimate of drug-likeness (QED) is 0.888. The van der Waals surface area contributed by atoms with Crippen molar-refractivity contribution in [3.05, 3.63) is 30.5 Å². The molecule has 2 amide bonds. The van der Waals surface area contributed by atoms with E-state index in [1.165, 1.54) is 0 Å². The van der Waals surface area contributed by atoms with Crippen LogP contribution >= 0.6 is 0 Å². The Morgan fingerprint density at radius 1 is 1.20 bits per heavy atom. The predicted octanol–water partition coefficient (Wildman–Crippen LogP) is 2.46. The normalized spacial score (nSPS) is 23.8. The predicted molar refractivity (Wildman–Crippen MR) is 94.9 cm³/mol. The van der Waals surface area contributed by atoms with E-state index in [9.17, 15) is 13.2 Å². The van der Waals surface area contributed by atoms with Gasteiger partial charge >= 0.3 is 6.03 Å². The van der Waals surface area contributed by atoms with Gasteiger partial charge in [-0.1, -0.05) is 0 Å². The van der Waals surface area contributed by atoms with Crippen molar-refractivity contribution in [1.82, 2.24) is 9.21 Å². The molecular formula is C17H21N3O4S. The minimum atomic E-state index is -3.15. The second kappa shape index (κ2) is 6.34. The highest BCUT2D eigenvalue weighted by Gasteiger charge is 2.37. The molecule has 134 valence electrons. The van der Waals surface area contributed by atoms with E-state index in [-0.39, 0.29) is 17.8 Å². The molecule has 2 aliphatic rings. The summed E-state index contributed by atoms with van der Waals surface area (Å²) in [7, 11) is -3.15. The topological polar surface area (TPSA) is 82.9 Å². The zero-order valence-electron chi connectivity index (χ0n) is 13.8. The average molecular weight is 363 g/mol. The van der Waals surface area contributed by atoms with Crippen molar-refractivity contribution >= 4 is 32.7 Å². The lowest BCUT2D eigenvalue weighted by molar-refractivity contribution is 0.163. The molecule has 2 aliphatic heterocycles. The second-order valence-corrected chi connectivity index (χ2v) is 8.67. The Labute approximate surface area is 146 Å². The molecule has 0 radical (unpaired) electrons. The fourth-order valence-electron chi connectivity index (χ4n) is 3.68. The molecular weight excluding hydrogens is 342 g/mol. The molecule has 3 heterocycles. The van der Waals surface area contributed by atoms with E-state index in [1.54, 1.807) is 21.5 Å². The summed E-state index contributed by atoms with van der Waals surface area (Å²) in [5.41, 5.74) is 1.39. The van der Waals surface area contributed by atoms with Gasteiger partial charge in [0.2, 0.25) is 10.0 Å². The summed E-state index contributed by atoms with van der Waals surface area (Å²) in [6.45, 7) is 1.64. The SMILES string of the molecule is O=C(Nc1ccc2ccoc2c1)N1CCCC(N2CCCS2(=O)=O)C1. The molecule has 1 aromatic carbocycles. The van der Waals surface area contributed by atoms with Crippen molar-refractivity contribution in [2.24, 2.45) is 0 Å². The summed E-state index contributed by atoms with van der Waals surface area (Å²) in [6.07, 6.45) is 3.90. The summed E-state index contributed by atoms with van der Waals surface area (Å²) in [6, 6.07) is 7.07. The first kappa shape index (κ1) is 16.4. The lowest BCUT2D eigenvalue weighted by Crippen LogP contribution is -2.51. The van der Waals surface area contributed by atoms with Crippen LogP contribution in [0.2, 0.25) is 0 Å². The first-order valence-electron chi connectivity index (χ1n) is 8.56. The number of piperidine rings is 1. The monoisotopic (exact) mass is 363 g/mol. The number of nitrogens with one attached hydrogen (secondary N) is 1. The lowest BCUT2D eigenvalue weighted by atomic mass is 10.1. The van der Waals surface area contributed by atoms with Gasteiger partial charge in [0, 0.05) is 42.8 Å². The van der Waals surface area contributed by atoms with E-state index in [2.05, 4.69) is 5.32 Å². The number of benzene rings is 1. The molecule has 2 saturated heterocycles. The Bertz CT molecular complexity index is 892. The molecule has 7 nitrogen and oxygen atoms in total. The summed E-state index contributed by atoms with van der Waals surface area (Å²) in [5.74, 6) is 0.221. The van der Waals surface area contributed by atoms with Gasteiger partial charge in [-0.15, -0.1) is 0 Å². The van der Waals surface area contributed by atoms with Gasteiger partial charge in [0.25, 0.3) is 0 Å². The number of hydrogen-bond acceptors (Lipinski definition) is 4. The largest absolute Gasteiger partial charge is 0.464 e. The number of carbonyl (C=O) groups is 1. The summed E-state index contributed by atoms with van der Waals surface area (Å²) >= 11 is 0. The fraction of sp³-hybridized carbons (Fsp3) is 0.471. The molecule has 0 aliphatic carbocycles. The third kappa shape index (κ3) is 3.23. The Morgan fingerprint density at radius 3 is 2.88 bits per heavy atom. The van der Waals surface area contributed by atoms with Crippen molar-refractivity contribution in [3.8, 4) is 0 Å². The van der Waals surface area contributed by atoms with Crippen LogP contribution < -0.4 is 5.32 Å². The zero-order valence-corrected chi connectivity index (χ0v) is 14.7.